The second kappa shape index (κ2) is 8.54. The molecule has 4 nitrogen and oxygen atoms in total. The lowest BCUT2D eigenvalue weighted by Gasteiger charge is -2.37. The third kappa shape index (κ3) is 5.49. The van der Waals surface area contributed by atoms with E-state index in [4.69, 9.17) is 0 Å². The molecule has 1 aliphatic rings. The van der Waals surface area contributed by atoms with E-state index in [0.29, 0.717) is 12.0 Å². The van der Waals surface area contributed by atoms with Crippen LogP contribution >= 0.6 is 0 Å². The lowest BCUT2D eigenvalue weighted by Crippen LogP contribution is -2.52. The first kappa shape index (κ1) is 16.4. The molecule has 1 aliphatic heterocycles. The van der Waals surface area contributed by atoms with E-state index < -0.39 is 0 Å². The summed E-state index contributed by atoms with van der Waals surface area (Å²) in [5.41, 5.74) is 0. The Morgan fingerprint density at radius 3 is 2.47 bits per heavy atom. The molecule has 2 N–H and O–H groups in total. The summed E-state index contributed by atoms with van der Waals surface area (Å²) in [6, 6.07) is 0.539. The van der Waals surface area contributed by atoms with Gasteiger partial charge < -0.3 is 10.6 Å². The third-order valence-corrected chi connectivity index (χ3v) is 4.04. The molecule has 0 aromatic carbocycles. The maximum absolute atomic E-state index is 12.2. The summed E-state index contributed by atoms with van der Waals surface area (Å²) in [5.74, 6) is 0.823. The highest BCUT2D eigenvalue weighted by Crippen LogP contribution is 2.15. The molecule has 1 rings (SSSR count). The zero-order valence-corrected chi connectivity index (χ0v) is 13.0. The number of carbonyl (C=O) groups is 1. The van der Waals surface area contributed by atoms with Gasteiger partial charge in [-0.2, -0.15) is 0 Å². The smallest absolute Gasteiger partial charge is 0.237 e. The van der Waals surface area contributed by atoms with Crippen molar-refractivity contribution in [2.24, 2.45) is 5.92 Å². The highest BCUT2D eigenvalue weighted by Gasteiger charge is 2.27. The van der Waals surface area contributed by atoms with E-state index in [1.165, 1.54) is 0 Å². The van der Waals surface area contributed by atoms with Gasteiger partial charge in [-0.1, -0.05) is 20.8 Å². The molecule has 4 heteroatoms. The van der Waals surface area contributed by atoms with E-state index >= 15 is 0 Å². The van der Waals surface area contributed by atoms with Gasteiger partial charge >= 0.3 is 0 Å². The van der Waals surface area contributed by atoms with Crippen LogP contribution in [0.2, 0.25) is 0 Å². The van der Waals surface area contributed by atoms with Crippen molar-refractivity contribution in [1.29, 1.82) is 0 Å². The lowest BCUT2D eigenvalue weighted by atomic mass is 10.0. The Morgan fingerprint density at radius 1 is 1.32 bits per heavy atom. The predicted octanol–water partition coefficient (Wildman–Crippen LogP) is 1.61. The number of nitrogens with one attached hydrogen (secondary N) is 2. The van der Waals surface area contributed by atoms with Crippen molar-refractivity contribution in [1.82, 2.24) is 15.5 Å². The standard InChI is InChI=1S/C15H31N3O/c1-5-18(14-7-9-16-10-8-14)13(4)15(19)17-11-6-12(2)3/h12-14,16H,5-11H2,1-4H3,(H,17,19). The number of carbonyl (C=O) groups excluding carboxylic acids is 1. The van der Waals surface area contributed by atoms with Gasteiger partial charge in [0, 0.05) is 12.6 Å². The van der Waals surface area contributed by atoms with Crippen LogP contribution in [-0.2, 0) is 4.79 Å². The Labute approximate surface area is 118 Å². The maximum Gasteiger partial charge on any atom is 0.237 e. The van der Waals surface area contributed by atoms with Crippen molar-refractivity contribution >= 4 is 5.91 Å². The van der Waals surface area contributed by atoms with E-state index in [1.807, 2.05) is 6.92 Å². The number of rotatable bonds is 7. The fraction of sp³-hybridized carbons (Fsp3) is 0.933. The van der Waals surface area contributed by atoms with Gasteiger partial charge in [0.05, 0.1) is 6.04 Å². The van der Waals surface area contributed by atoms with Crippen molar-refractivity contribution in [2.75, 3.05) is 26.2 Å². The molecule has 1 amide bonds. The Kier molecular flexibility index (Phi) is 7.39. The molecule has 1 heterocycles. The summed E-state index contributed by atoms with van der Waals surface area (Å²) in [6.45, 7) is 12.4. The second-order valence-electron chi connectivity index (χ2n) is 5.96. The molecule has 19 heavy (non-hydrogen) atoms. The van der Waals surface area contributed by atoms with Crippen LogP contribution in [-0.4, -0.2) is 49.1 Å². The van der Waals surface area contributed by atoms with Gasteiger partial charge in [-0.05, 0) is 51.7 Å². The Balaban J connectivity index is 2.42. The fourth-order valence-electron chi connectivity index (χ4n) is 2.77. The molecule has 1 atom stereocenters. The average molecular weight is 269 g/mol. The minimum absolute atomic E-state index is 0.0136. The third-order valence-electron chi connectivity index (χ3n) is 4.04. The molecule has 0 bridgehead atoms. The molecule has 0 radical (unpaired) electrons. The van der Waals surface area contributed by atoms with Crippen LogP contribution in [0.5, 0.6) is 0 Å². The Morgan fingerprint density at radius 2 is 1.95 bits per heavy atom. The zero-order chi connectivity index (χ0) is 14.3. The van der Waals surface area contributed by atoms with Crippen LogP contribution in [0.25, 0.3) is 0 Å². The Hall–Kier alpha value is -0.610. The molecule has 0 spiro atoms. The number of amides is 1. The molecular formula is C15H31N3O. The molecule has 1 unspecified atom stereocenters. The van der Waals surface area contributed by atoms with E-state index in [0.717, 1.165) is 45.4 Å². The normalized spacial score (nSPS) is 18.8. The summed E-state index contributed by atoms with van der Waals surface area (Å²) in [5, 5.41) is 6.45. The van der Waals surface area contributed by atoms with Gasteiger partial charge in [0.2, 0.25) is 5.91 Å². The first-order valence-electron chi connectivity index (χ1n) is 7.80. The lowest BCUT2D eigenvalue weighted by molar-refractivity contribution is -0.127. The first-order chi connectivity index (χ1) is 9.06. The summed E-state index contributed by atoms with van der Waals surface area (Å²) in [4.78, 5) is 14.6. The second-order valence-corrected chi connectivity index (χ2v) is 5.96. The number of hydrogen-bond donors (Lipinski definition) is 2. The van der Waals surface area contributed by atoms with Gasteiger partial charge in [-0.15, -0.1) is 0 Å². The van der Waals surface area contributed by atoms with E-state index in [2.05, 4.69) is 36.3 Å². The molecule has 0 aliphatic carbocycles. The molecule has 0 saturated carbocycles. The van der Waals surface area contributed by atoms with E-state index in [-0.39, 0.29) is 11.9 Å². The molecule has 1 saturated heterocycles. The van der Waals surface area contributed by atoms with E-state index in [9.17, 15) is 4.79 Å². The van der Waals surface area contributed by atoms with Gasteiger partial charge in [0.25, 0.3) is 0 Å². The molecular weight excluding hydrogens is 238 g/mol. The van der Waals surface area contributed by atoms with Crippen LogP contribution in [0.4, 0.5) is 0 Å². The topological polar surface area (TPSA) is 44.4 Å². The van der Waals surface area contributed by atoms with Gasteiger partial charge in [0.1, 0.15) is 0 Å². The highest BCUT2D eigenvalue weighted by atomic mass is 16.2. The minimum atomic E-state index is -0.0136. The SMILES string of the molecule is CCN(C1CCNCC1)C(C)C(=O)NCCC(C)C. The van der Waals surface area contributed by atoms with Crippen molar-refractivity contribution in [3.8, 4) is 0 Å². The summed E-state index contributed by atoms with van der Waals surface area (Å²) < 4.78 is 0. The first-order valence-corrected chi connectivity index (χ1v) is 7.80. The number of hydrogen-bond acceptors (Lipinski definition) is 3. The summed E-state index contributed by atoms with van der Waals surface area (Å²) in [7, 11) is 0. The monoisotopic (exact) mass is 269 g/mol. The number of nitrogens with zero attached hydrogens (tertiary/aromatic N) is 1. The summed E-state index contributed by atoms with van der Waals surface area (Å²) in [6.07, 6.45) is 3.35. The van der Waals surface area contributed by atoms with Gasteiger partial charge in [0.15, 0.2) is 0 Å². The van der Waals surface area contributed by atoms with Crippen molar-refractivity contribution in [3.63, 3.8) is 0 Å². The average Bonchev–Trinajstić information content (AvgIpc) is 2.40. The van der Waals surface area contributed by atoms with Crippen molar-refractivity contribution in [3.05, 3.63) is 0 Å². The van der Waals surface area contributed by atoms with Gasteiger partial charge in [-0.3, -0.25) is 9.69 Å². The predicted molar refractivity (Wildman–Crippen MR) is 80.2 cm³/mol. The molecule has 1 fully saturated rings. The number of piperidine rings is 1. The van der Waals surface area contributed by atoms with Crippen molar-refractivity contribution < 1.29 is 4.79 Å². The Bertz CT molecular complexity index is 262. The largest absolute Gasteiger partial charge is 0.355 e. The molecule has 112 valence electrons. The van der Waals surface area contributed by atoms with Crippen LogP contribution in [0.1, 0.15) is 47.0 Å². The maximum atomic E-state index is 12.2. The van der Waals surface area contributed by atoms with E-state index in [1.54, 1.807) is 0 Å². The zero-order valence-electron chi connectivity index (χ0n) is 13.0. The molecule has 0 aromatic rings. The number of likely N-dealkylation sites (N-methyl/N-ethyl adjacent to an activating group) is 1. The minimum Gasteiger partial charge on any atom is -0.355 e. The fourth-order valence-corrected chi connectivity index (χ4v) is 2.77. The highest BCUT2D eigenvalue weighted by molar-refractivity contribution is 5.81. The van der Waals surface area contributed by atoms with Crippen LogP contribution in [0, 0.1) is 5.92 Å². The molecule has 0 aromatic heterocycles. The van der Waals surface area contributed by atoms with Crippen molar-refractivity contribution in [2.45, 2.75) is 59.0 Å². The van der Waals surface area contributed by atoms with Crippen LogP contribution in [0.3, 0.4) is 0 Å². The van der Waals surface area contributed by atoms with Crippen LogP contribution < -0.4 is 10.6 Å². The van der Waals surface area contributed by atoms with Crippen LogP contribution in [0.15, 0.2) is 0 Å². The van der Waals surface area contributed by atoms with Gasteiger partial charge in [-0.25, -0.2) is 0 Å². The summed E-state index contributed by atoms with van der Waals surface area (Å²) >= 11 is 0. The quantitative estimate of drug-likeness (QED) is 0.738.